The number of nitrogens with one attached hydrogen (secondary N) is 1. The summed E-state index contributed by atoms with van der Waals surface area (Å²) < 4.78 is 0. The van der Waals surface area contributed by atoms with Crippen LogP contribution in [0.25, 0.3) is 0 Å². The Hall–Kier alpha value is -0.900. The fourth-order valence-electron chi connectivity index (χ4n) is 2.70. The molecule has 0 radical (unpaired) electrons. The van der Waals surface area contributed by atoms with Crippen molar-refractivity contribution in [1.29, 1.82) is 0 Å². The molecule has 2 rings (SSSR count). The fourth-order valence-corrected chi connectivity index (χ4v) is 2.70. The third kappa shape index (κ3) is 4.09. The molecule has 1 unspecified atom stereocenters. The van der Waals surface area contributed by atoms with Gasteiger partial charge in [-0.2, -0.15) is 0 Å². The largest absolute Gasteiger partial charge is 0.392 e. The van der Waals surface area contributed by atoms with Gasteiger partial charge in [-0.25, -0.2) is 0 Å². The minimum absolute atomic E-state index is 0.126. The van der Waals surface area contributed by atoms with E-state index in [1.165, 1.54) is 31.5 Å². The zero-order valence-electron chi connectivity index (χ0n) is 11.2. The Morgan fingerprint density at radius 2 is 2.22 bits per heavy atom. The number of hydrogen-bond donors (Lipinski definition) is 2. The number of aliphatic hydroxyl groups is 1. The molecule has 0 bridgehead atoms. The fraction of sp³-hybridized carbons (Fsp3) is 0.600. The summed E-state index contributed by atoms with van der Waals surface area (Å²) in [7, 11) is 2.21. The molecule has 0 spiro atoms. The SMILES string of the molecule is CN1CCCC(CNCc2cccc(CO)c2)C1. The van der Waals surface area contributed by atoms with E-state index in [4.69, 9.17) is 5.11 Å². The third-order valence-corrected chi connectivity index (χ3v) is 3.66. The molecular weight excluding hydrogens is 224 g/mol. The quantitative estimate of drug-likeness (QED) is 0.831. The van der Waals surface area contributed by atoms with Gasteiger partial charge in [0.25, 0.3) is 0 Å². The van der Waals surface area contributed by atoms with Gasteiger partial charge in [0.2, 0.25) is 0 Å². The van der Waals surface area contributed by atoms with E-state index in [0.29, 0.717) is 0 Å². The van der Waals surface area contributed by atoms with Crippen LogP contribution in [-0.4, -0.2) is 36.7 Å². The maximum Gasteiger partial charge on any atom is 0.0681 e. The van der Waals surface area contributed by atoms with Gasteiger partial charge in [-0.05, 0) is 50.0 Å². The van der Waals surface area contributed by atoms with Crippen LogP contribution in [-0.2, 0) is 13.2 Å². The molecule has 0 saturated carbocycles. The summed E-state index contributed by atoms with van der Waals surface area (Å²) in [5, 5.41) is 12.6. The summed E-state index contributed by atoms with van der Waals surface area (Å²) in [5.74, 6) is 0.782. The van der Waals surface area contributed by atoms with Gasteiger partial charge in [0.05, 0.1) is 6.61 Å². The molecule has 1 aliphatic heterocycles. The minimum atomic E-state index is 0.126. The van der Waals surface area contributed by atoms with Gasteiger partial charge in [0.1, 0.15) is 0 Å². The molecule has 1 atom stereocenters. The van der Waals surface area contributed by atoms with E-state index < -0.39 is 0 Å². The van der Waals surface area contributed by atoms with E-state index >= 15 is 0 Å². The molecule has 0 aliphatic carbocycles. The van der Waals surface area contributed by atoms with Gasteiger partial charge >= 0.3 is 0 Å². The molecule has 1 saturated heterocycles. The van der Waals surface area contributed by atoms with Crippen LogP contribution in [0.1, 0.15) is 24.0 Å². The lowest BCUT2D eigenvalue weighted by Gasteiger charge is -2.29. The number of hydrogen-bond acceptors (Lipinski definition) is 3. The predicted octanol–water partition coefficient (Wildman–Crippen LogP) is 1.61. The van der Waals surface area contributed by atoms with Crippen molar-refractivity contribution in [2.24, 2.45) is 5.92 Å². The second kappa shape index (κ2) is 6.88. The van der Waals surface area contributed by atoms with Gasteiger partial charge in [-0.15, -0.1) is 0 Å². The molecule has 18 heavy (non-hydrogen) atoms. The van der Waals surface area contributed by atoms with Crippen molar-refractivity contribution in [1.82, 2.24) is 10.2 Å². The number of piperidine rings is 1. The molecule has 2 N–H and O–H groups in total. The maximum atomic E-state index is 9.09. The third-order valence-electron chi connectivity index (χ3n) is 3.66. The molecule has 1 heterocycles. The summed E-state index contributed by atoms with van der Waals surface area (Å²) in [5.41, 5.74) is 2.25. The van der Waals surface area contributed by atoms with Gasteiger partial charge < -0.3 is 15.3 Å². The Bertz CT molecular complexity index is 367. The standard InChI is InChI=1S/C15H24N2O/c1-17-7-3-6-15(11-17)10-16-9-13-4-2-5-14(8-13)12-18/h2,4-5,8,15-16,18H,3,6-7,9-12H2,1H3. The zero-order valence-corrected chi connectivity index (χ0v) is 11.2. The molecule has 1 aromatic carbocycles. The van der Waals surface area contributed by atoms with Crippen LogP contribution in [0, 0.1) is 5.92 Å². The molecule has 3 nitrogen and oxygen atoms in total. The summed E-state index contributed by atoms with van der Waals surface area (Å²) >= 11 is 0. The van der Waals surface area contributed by atoms with Crippen LogP contribution in [0.5, 0.6) is 0 Å². The lowest BCUT2D eigenvalue weighted by molar-refractivity contribution is 0.206. The number of benzene rings is 1. The first-order valence-electron chi connectivity index (χ1n) is 6.86. The van der Waals surface area contributed by atoms with Crippen LogP contribution < -0.4 is 5.32 Å². The Morgan fingerprint density at radius 3 is 3.00 bits per heavy atom. The molecular formula is C15H24N2O. The normalized spacial score (nSPS) is 21.1. The molecule has 100 valence electrons. The summed E-state index contributed by atoms with van der Waals surface area (Å²) in [6, 6.07) is 8.15. The van der Waals surface area contributed by atoms with E-state index in [-0.39, 0.29) is 6.61 Å². The highest BCUT2D eigenvalue weighted by atomic mass is 16.3. The van der Waals surface area contributed by atoms with Gasteiger partial charge in [-0.3, -0.25) is 0 Å². The van der Waals surface area contributed by atoms with Crippen LogP contribution in [0.15, 0.2) is 24.3 Å². The maximum absolute atomic E-state index is 9.09. The number of likely N-dealkylation sites (tertiary alicyclic amines) is 1. The smallest absolute Gasteiger partial charge is 0.0681 e. The van der Waals surface area contributed by atoms with Gasteiger partial charge in [-0.1, -0.05) is 24.3 Å². The predicted molar refractivity (Wildman–Crippen MR) is 74.3 cm³/mol. The highest BCUT2D eigenvalue weighted by Gasteiger charge is 2.16. The minimum Gasteiger partial charge on any atom is -0.392 e. The Balaban J connectivity index is 1.74. The summed E-state index contributed by atoms with van der Waals surface area (Å²) in [6.45, 7) is 4.57. The second-order valence-electron chi connectivity index (χ2n) is 5.38. The second-order valence-corrected chi connectivity index (χ2v) is 5.38. The van der Waals surface area contributed by atoms with Crippen LogP contribution >= 0.6 is 0 Å². The topological polar surface area (TPSA) is 35.5 Å². The summed E-state index contributed by atoms with van der Waals surface area (Å²) in [4.78, 5) is 2.42. The highest BCUT2D eigenvalue weighted by Crippen LogP contribution is 2.14. The Morgan fingerprint density at radius 1 is 1.39 bits per heavy atom. The Labute approximate surface area is 110 Å². The summed E-state index contributed by atoms with van der Waals surface area (Å²) in [6.07, 6.45) is 2.66. The monoisotopic (exact) mass is 248 g/mol. The van der Waals surface area contributed by atoms with Crippen molar-refractivity contribution >= 4 is 0 Å². The van der Waals surface area contributed by atoms with Crippen molar-refractivity contribution in [2.45, 2.75) is 26.0 Å². The molecule has 1 aromatic rings. The van der Waals surface area contributed by atoms with Crippen molar-refractivity contribution < 1.29 is 5.11 Å². The lowest BCUT2D eigenvalue weighted by Crippen LogP contribution is -2.37. The zero-order chi connectivity index (χ0) is 12.8. The number of aliphatic hydroxyl groups excluding tert-OH is 1. The van der Waals surface area contributed by atoms with Crippen molar-refractivity contribution in [3.63, 3.8) is 0 Å². The molecule has 3 heteroatoms. The van der Waals surface area contributed by atoms with Crippen LogP contribution in [0.3, 0.4) is 0 Å². The van der Waals surface area contributed by atoms with Gasteiger partial charge in [0, 0.05) is 13.1 Å². The highest BCUT2D eigenvalue weighted by molar-refractivity contribution is 5.22. The first kappa shape index (κ1) is 13.5. The Kier molecular flexibility index (Phi) is 5.17. The molecule has 0 amide bonds. The lowest BCUT2D eigenvalue weighted by atomic mass is 9.98. The van der Waals surface area contributed by atoms with Crippen molar-refractivity contribution in [2.75, 3.05) is 26.7 Å². The average Bonchev–Trinajstić information content (AvgIpc) is 2.39. The van der Waals surface area contributed by atoms with Gasteiger partial charge in [0.15, 0.2) is 0 Å². The molecule has 1 aliphatic rings. The van der Waals surface area contributed by atoms with E-state index in [9.17, 15) is 0 Å². The van der Waals surface area contributed by atoms with E-state index in [2.05, 4.69) is 29.4 Å². The first-order chi connectivity index (χ1) is 8.78. The van der Waals surface area contributed by atoms with Crippen molar-refractivity contribution in [3.8, 4) is 0 Å². The number of rotatable bonds is 5. The molecule has 0 aromatic heterocycles. The number of nitrogens with zero attached hydrogens (tertiary/aromatic N) is 1. The van der Waals surface area contributed by atoms with Crippen LogP contribution in [0.4, 0.5) is 0 Å². The van der Waals surface area contributed by atoms with Crippen LogP contribution in [0.2, 0.25) is 0 Å². The van der Waals surface area contributed by atoms with E-state index in [1.54, 1.807) is 0 Å². The first-order valence-corrected chi connectivity index (χ1v) is 6.86. The average molecular weight is 248 g/mol. The van der Waals surface area contributed by atoms with E-state index in [1.807, 2.05) is 12.1 Å². The van der Waals surface area contributed by atoms with Crippen molar-refractivity contribution in [3.05, 3.63) is 35.4 Å². The van der Waals surface area contributed by atoms with E-state index in [0.717, 1.165) is 24.6 Å². The molecule has 1 fully saturated rings.